The largest absolute Gasteiger partial charge is 0.352 e. The van der Waals surface area contributed by atoms with Gasteiger partial charge in [0.05, 0.1) is 0 Å². The molecule has 1 amide bonds. The first kappa shape index (κ1) is 22.7. The Morgan fingerprint density at radius 1 is 1.09 bits per heavy atom. The number of nitrogens with zero attached hydrogens (tertiary/aromatic N) is 2. The summed E-state index contributed by atoms with van der Waals surface area (Å²) in [7, 11) is 0. The molecule has 1 heterocycles. The van der Waals surface area contributed by atoms with Gasteiger partial charge in [-0.1, -0.05) is 60.8 Å². The van der Waals surface area contributed by atoms with Crippen molar-refractivity contribution in [2.75, 3.05) is 18.1 Å². The molecule has 1 N–H and O–H groups in total. The second-order valence-electron chi connectivity index (χ2n) is 10.3. The number of aromatic nitrogens is 2. The molecule has 2 aromatic rings. The molecule has 7 heteroatoms. The first-order valence-corrected chi connectivity index (χ1v) is 14.7. The number of hydrogen-bond donors (Lipinski definition) is 1. The average molecular weight is 488 g/mol. The van der Waals surface area contributed by atoms with Crippen molar-refractivity contribution in [3.05, 3.63) is 35.4 Å². The number of aryl methyl sites for hydroxylation is 1. The summed E-state index contributed by atoms with van der Waals surface area (Å²) >= 11 is 5.35. The summed E-state index contributed by atoms with van der Waals surface area (Å²) < 4.78 is 2.16. The summed E-state index contributed by atoms with van der Waals surface area (Å²) in [5.74, 6) is 5.48. The summed E-state index contributed by atoms with van der Waals surface area (Å²) in [5, 5.41) is 11.8. The van der Waals surface area contributed by atoms with Crippen molar-refractivity contribution in [3.63, 3.8) is 0 Å². The zero-order chi connectivity index (χ0) is 22.1. The van der Waals surface area contributed by atoms with Gasteiger partial charge in [0.15, 0.2) is 8.68 Å². The topological polar surface area (TPSA) is 54.9 Å². The van der Waals surface area contributed by atoms with Gasteiger partial charge in [-0.25, -0.2) is 0 Å². The minimum Gasteiger partial charge on any atom is -0.352 e. The molecular weight excluding hydrogens is 454 g/mol. The van der Waals surface area contributed by atoms with Crippen LogP contribution < -0.4 is 5.32 Å². The molecule has 0 spiro atoms. The van der Waals surface area contributed by atoms with Gasteiger partial charge in [-0.3, -0.25) is 4.79 Å². The van der Waals surface area contributed by atoms with Gasteiger partial charge in [0.2, 0.25) is 0 Å². The van der Waals surface area contributed by atoms with Crippen molar-refractivity contribution < 1.29 is 4.79 Å². The predicted molar refractivity (Wildman–Crippen MR) is 135 cm³/mol. The van der Waals surface area contributed by atoms with Crippen LogP contribution in [-0.2, 0) is 6.42 Å². The molecule has 32 heavy (non-hydrogen) atoms. The van der Waals surface area contributed by atoms with Crippen LogP contribution in [0.2, 0.25) is 0 Å². The number of carbonyl (C=O) groups excluding carboxylic acids is 1. The third-order valence-electron chi connectivity index (χ3n) is 7.89. The second-order valence-corrected chi connectivity index (χ2v) is 13.9. The molecule has 0 saturated heterocycles. The Morgan fingerprint density at radius 2 is 1.84 bits per heavy atom. The normalized spacial score (nSPS) is 25.9. The third kappa shape index (κ3) is 5.20. The highest BCUT2D eigenvalue weighted by molar-refractivity contribution is 8.03. The van der Waals surface area contributed by atoms with Gasteiger partial charge in [0.25, 0.3) is 5.91 Å². The average Bonchev–Trinajstić information content (AvgIpc) is 3.53. The number of carbonyl (C=O) groups is 1. The van der Waals surface area contributed by atoms with Crippen molar-refractivity contribution in [1.82, 2.24) is 15.5 Å². The van der Waals surface area contributed by atoms with Gasteiger partial charge in [-0.05, 0) is 85.3 Å². The molecule has 4 aliphatic carbocycles. The highest BCUT2D eigenvalue weighted by atomic mass is 32.2. The molecule has 1 aromatic heterocycles. The Labute approximate surface area is 204 Å². The predicted octanol–water partition coefficient (Wildman–Crippen LogP) is 6.18. The number of benzene rings is 1. The summed E-state index contributed by atoms with van der Waals surface area (Å²) in [6.45, 7) is 5.64. The van der Waals surface area contributed by atoms with E-state index in [1.807, 2.05) is 23.9 Å². The van der Waals surface area contributed by atoms with E-state index in [-0.39, 0.29) is 5.91 Å². The van der Waals surface area contributed by atoms with Crippen LogP contribution in [0.3, 0.4) is 0 Å². The molecule has 4 aliphatic rings. The molecule has 4 saturated carbocycles. The summed E-state index contributed by atoms with van der Waals surface area (Å²) in [4.78, 5) is 12.6. The van der Waals surface area contributed by atoms with Crippen molar-refractivity contribution in [3.8, 4) is 0 Å². The lowest BCUT2D eigenvalue weighted by atomic mass is 9.45. The summed E-state index contributed by atoms with van der Waals surface area (Å²) in [5.41, 5.74) is 2.50. The monoisotopic (exact) mass is 487 g/mol. The fraction of sp³-hybridized carbons (Fsp3) is 0.640. The smallest absolute Gasteiger partial charge is 0.251 e. The van der Waals surface area contributed by atoms with Crippen molar-refractivity contribution in [2.24, 2.45) is 29.1 Å². The fourth-order valence-corrected chi connectivity index (χ4v) is 8.69. The Bertz CT molecular complexity index is 936. The maximum Gasteiger partial charge on any atom is 0.251 e. The maximum absolute atomic E-state index is 12.6. The Hall–Kier alpha value is -1.05. The molecule has 172 valence electrons. The van der Waals surface area contributed by atoms with E-state index >= 15 is 0 Å². The Kier molecular flexibility index (Phi) is 6.87. The standard InChI is InChI=1S/C25H33N3OS3/c1-25(2)20-10-9-19(21(25)13-20)14-26-22(29)18-7-5-16(6-8-18)11-12-30-23-27-28-24(32-23)31-15-17-3-4-17/h5-8,17,19-21H,3-4,9-15H2,1-2H3,(H,26,29). The molecular formula is C25H33N3OS3. The van der Waals surface area contributed by atoms with E-state index in [0.29, 0.717) is 11.3 Å². The van der Waals surface area contributed by atoms with Crippen molar-refractivity contribution >= 4 is 40.8 Å². The van der Waals surface area contributed by atoms with Crippen LogP contribution in [0.25, 0.3) is 0 Å². The third-order valence-corrected chi connectivity index (χ3v) is 11.3. The maximum atomic E-state index is 12.6. The lowest BCUT2D eigenvalue weighted by Crippen LogP contribution is -2.54. The van der Waals surface area contributed by atoms with Gasteiger partial charge < -0.3 is 5.32 Å². The van der Waals surface area contributed by atoms with Crippen LogP contribution in [0.5, 0.6) is 0 Å². The van der Waals surface area contributed by atoms with Gasteiger partial charge in [-0.2, -0.15) is 0 Å². The molecule has 0 aliphatic heterocycles. The number of thioether (sulfide) groups is 2. The number of amides is 1. The lowest BCUT2D eigenvalue weighted by molar-refractivity contribution is -0.103. The van der Waals surface area contributed by atoms with E-state index in [4.69, 9.17) is 0 Å². The van der Waals surface area contributed by atoms with Crippen LogP contribution in [0, 0.1) is 29.1 Å². The van der Waals surface area contributed by atoms with Crippen LogP contribution in [0.1, 0.15) is 61.9 Å². The van der Waals surface area contributed by atoms with Crippen LogP contribution in [0.4, 0.5) is 0 Å². The molecule has 0 radical (unpaired) electrons. The minimum absolute atomic E-state index is 0.0651. The second kappa shape index (κ2) is 9.67. The first-order chi connectivity index (χ1) is 15.5. The van der Waals surface area contributed by atoms with Crippen molar-refractivity contribution in [2.45, 2.75) is 61.1 Å². The number of nitrogens with one attached hydrogen (secondary N) is 1. The molecule has 3 atom stereocenters. The van der Waals surface area contributed by atoms with Crippen molar-refractivity contribution in [1.29, 1.82) is 0 Å². The van der Waals surface area contributed by atoms with E-state index in [9.17, 15) is 4.79 Å². The van der Waals surface area contributed by atoms with E-state index in [1.165, 1.54) is 43.4 Å². The van der Waals surface area contributed by atoms with Crippen LogP contribution in [-0.4, -0.2) is 34.2 Å². The zero-order valence-corrected chi connectivity index (χ0v) is 21.5. The van der Waals surface area contributed by atoms with Gasteiger partial charge >= 0.3 is 0 Å². The van der Waals surface area contributed by atoms with Crippen LogP contribution >= 0.6 is 34.9 Å². The van der Waals surface area contributed by atoms with E-state index in [0.717, 1.165) is 50.7 Å². The molecule has 1 aromatic carbocycles. The number of rotatable bonds is 10. The molecule has 2 bridgehead atoms. The van der Waals surface area contributed by atoms with Gasteiger partial charge in [0.1, 0.15) is 0 Å². The first-order valence-electron chi connectivity index (χ1n) is 12.0. The highest BCUT2D eigenvalue weighted by Gasteiger charge is 2.53. The SMILES string of the molecule is CC1(C)C2CCC(CNC(=O)c3ccc(CCSc4nnc(SCC5CC5)s4)cc3)C1C2. The zero-order valence-electron chi connectivity index (χ0n) is 19.0. The highest BCUT2D eigenvalue weighted by Crippen LogP contribution is 2.61. The van der Waals surface area contributed by atoms with E-state index in [2.05, 4.69) is 41.5 Å². The van der Waals surface area contributed by atoms with Gasteiger partial charge in [-0.15, -0.1) is 10.2 Å². The quantitative estimate of drug-likeness (QED) is 0.406. The number of hydrogen-bond acceptors (Lipinski definition) is 6. The fourth-order valence-electron chi connectivity index (χ4n) is 5.40. The molecule has 4 fully saturated rings. The molecule has 4 nitrogen and oxygen atoms in total. The molecule has 3 unspecified atom stereocenters. The minimum atomic E-state index is 0.0651. The van der Waals surface area contributed by atoms with Crippen LogP contribution in [0.15, 0.2) is 32.9 Å². The number of fused-ring (bicyclic) bond motifs is 2. The Morgan fingerprint density at radius 3 is 2.53 bits per heavy atom. The summed E-state index contributed by atoms with van der Waals surface area (Å²) in [6, 6.07) is 8.12. The molecule has 6 rings (SSSR count). The summed E-state index contributed by atoms with van der Waals surface area (Å²) in [6.07, 6.45) is 7.69. The van der Waals surface area contributed by atoms with E-state index < -0.39 is 0 Å². The lowest BCUT2D eigenvalue weighted by Gasteiger charge is -2.60. The Balaban J connectivity index is 1.04. The van der Waals surface area contributed by atoms with E-state index in [1.54, 1.807) is 23.1 Å². The van der Waals surface area contributed by atoms with Gasteiger partial charge in [0, 0.05) is 23.6 Å².